The van der Waals surface area contributed by atoms with Crippen molar-refractivity contribution in [2.24, 2.45) is 0 Å². The van der Waals surface area contributed by atoms with Crippen molar-refractivity contribution in [3.05, 3.63) is 42.2 Å². The number of hydrogen-bond acceptors (Lipinski definition) is 6. The normalized spacial score (nSPS) is 10.2. The van der Waals surface area contributed by atoms with Gasteiger partial charge in [-0.05, 0) is 36.2 Å². The molecule has 0 aromatic carbocycles. The van der Waals surface area contributed by atoms with E-state index < -0.39 is 0 Å². The van der Waals surface area contributed by atoms with Crippen LogP contribution in [-0.2, 0) is 16.1 Å². The fraction of sp³-hybridized carbons (Fsp3) is 0.312. The number of carbonyl (C=O) groups is 2. The SMILES string of the molecule is CC(=O)Nc1ccc(SCCCC(=O)NCc2ccncc2)nn1. The Balaban J connectivity index is 1.62. The van der Waals surface area contributed by atoms with Crippen LogP contribution in [0.5, 0.6) is 0 Å². The first-order valence-corrected chi connectivity index (χ1v) is 8.52. The van der Waals surface area contributed by atoms with Crippen LogP contribution < -0.4 is 10.6 Å². The third kappa shape index (κ3) is 6.74. The molecule has 0 saturated carbocycles. The zero-order chi connectivity index (χ0) is 17.2. The summed E-state index contributed by atoms with van der Waals surface area (Å²) in [5, 5.41) is 14.1. The van der Waals surface area contributed by atoms with Gasteiger partial charge in [-0.15, -0.1) is 22.0 Å². The smallest absolute Gasteiger partial charge is 0.222 e. The summed E-state index contributed by atoms with van der Waals surface area (Å²) in [5.41, 5.74) is 1.03. The van der Waals surface area contributed by atoms with Crippen LogP contribution in [0.3, 0.4) is 0 Å². The number of rotatable bonds is 8. The molecule has 0 aliphatic carbocycles. The quantitative estimate of drug-likeness (QED) is 0.561. The molecule has 2 aromatic heterocycles. The first kappa shape index (κ1) is 17.9. The van der Waals surface area contributed by atoms with Crippen molar-refractivity contribution < 1.29 is 9.59 Å². The van der Waals surface area contributed by atoms with E-state index in [1.54, 1.807) is 24.5 Å². The lowest BCUT2D eigenvalue weighted by molar-refractivity contribution is -0.121. The van der Waals surface area contributed by atoms with Crippen LogP contribution in [0.25, 0.3) is 0 Å². The molecule has 0 atom stereocenters. The molecule has 2 amide bonds. The molecular weight excluding hydrogens is 326 g/mol. The van der Waals surface area contributed by atoms with Crippen LogP contribution in [0.2, 0.25) is 0 Å². The number of nitrogens with zero attached hydrogens (tertiary/aromatic N) is 3. The van der Waals surface area contributed by atoms with Crippen molar-refractivity contribution in [2.45, 2.75) is 31.3 Å². The maximum atomic E-state index is 11.8. The highest BCUT2D eigenvalue weighted by molar-refractivity contribution is 7.99. The lowest BCUT2D eigenvalue weighted by Crippen LogP contribution is -2.22. The van der Waals surface area contributed by atoms with Gasteiger partial charge in [0.05, 0.1) is 0 Å². The molecule has 2 aromatic rings. The number of aromatic nitrogens is 3. The second kappa shape index (κ2) is 9.61. The Morgan fingerprint density at radius 3 is 2.58 bits per heavy atom. The molecule has 0 fully saturated rings. The minimum atomic E-state index is -0.178. The highest BCUT2D eigenvalue weighted by Crippen LogP contribution is 2.17. The van der Waals surface area contributed by atoms with Crippen LogP contribution >= 0.6 is 11.8 Å². The van der Waals surface area contributed by atoms with E-state index >= 15 is 0 Å². The molecule has 0 bridgehead atoms. The first-order valence-electron chi connectivity index (χ1n) is 7.53. The van der Waals surface area contributed by atoms with Gasteiger partial charge in [0.15, 0.2) is 5.82 Å². The maximum Gasteiger partial charge on any atom is 0.222 e. The Morgan fingerprint density at radius 2 is 1.92 bits per heavy atom. The number of pyridine rings is 1. The molecule has 0 unspecified atom stereocenters. The Kier molecular flexibility index (Phi) is 7.16. The fourth-order valence-electron chi connectivity index (χ4n) is 1.84. The van der Waals surface area contributed by atoms with Crippen LogP contribution in [0, 0.1) is 0 Å². The lowest BCUT2D eigenvalue weighted by atomic mass is 10.2. The summed E-state index contributed by atoms with van der Waals surface area (Å²) in [6, 6.07) is 7.25. The number of anilines is 1. The standard InChI is InChI=1S/C16H19N5O2S/c1-12(22)19-14-4-5-16(21-20-14)24-10-2-3-15(23)18-11-13-6-8-17-9-7-13/h4-9H,2-3,10-11H2,1H3,(H,18,23)(H,19,20,22). The van der Waals surface area contributed by atoms with Crippen molar-refractivity contribution in [3.63, 3.8) is 0 Å². The second-order valence-electron chi connectivity index (χ2n) is 5.02. The van der Waals surface area contributed by atoms with Gasteiger partial charge in [-0.25, -0.2) is 0 Å². The Bertz CT molecular complexity index is 664. The second-order valence-corrected chi connectivity index (χ2v) is 6.14. The monoisotopic (exact) mass is 345 g/mol. The molecule has 2 N–H and O–H groups in total. The summed E-state index contributed by atoms with van der Waals surface area (Å²) in [6.45, 7) is 1.94. The maximum absolute atomic E-state index is 11.8. The summed E-state index contributed by atoms with van der Waals surface area (Å²) < 4.78 is 0. The van der Waals surface area contributed by atoms with Gasteiger partial charge in [-0.2, -0.15) is 0 Å². The Morgan fingerprint density at radius 1 is 1.12 bits per heavy atom. The molecule has 0 saturated heterocycles. The van der Waals surface area contributed by atoms with Crippen molar-refractivity contribution in [2.75, 3.05) is 11.1 Å². The molecule has 24 heavy (non-hydrogen) atoms. The molecule has 0 radical (unpaired) electrons. The van der Waals surface area contributed by atoms with Gasteiger partial charge in [0, 0.05) is 38.0 Å². The largest absolute Gasteiger partial charge is 0.352 e. The van der Waals surface area contributed by atoms with Crippen molar-refractivity contribution in [1.29, 1.82) is 0 Å². The van der Waals surface area contributed by atoms with Crippen molar-refractivity contribution >= 4 is 29.4 Å². The van der Waals surface area contributed by atoms with E-state index in [0.717, 1.165) is 22.8 Å². The van der Waals surface area contributed by atoms with Gasteiger partial charge in [0.25, 0.3) is 0 Å². The first-order chi connectivity index (χ1) is 11.6. The van der Waals surface area contributed by atoms with Gasteiger partial charge < -0.3 is 10.6 Å². The third-order valence-corrected chi connectivity index (χ3v) is 3.99. The fourth-order valence-corrected chi connectivity index (χ4v) is 2.60. The lowest BCUT2D eigenvalue weighted by Gasteiger charge is -2.05. The summed E-state index contributed by atoms with van der Waals surface area (Å²) in [7, 11) is 0. The topological polar surface area (TPSA) is 96.9 Å². The average Bonchev–Trinajstić information content (AvgIpc) is 2.59. The number of thioether (sulfide) groups is 1. The molecule has 0 spiro atoms. The van der Waals surface area contributed by atoms with Gasteiger partial charge in [0.1, 0.15) is 5.03 Å². The van der Waals surface area contributed by atoms with Gasteiger partial charge in [0.2, 0.25) is 11.8 Å². The predicted octanol–water partition coefficient (Wildman–Crippen LogP) is 2.02. The van der Waals surface area contributed by atoms with Crippen molar-refractivity contribution in [1.82, 2.24) is 20.5 Å². The number of carbonyl (C=O) groups excluding carboxylic acids is 2. The molecule has 0 aliphatic heterocycles. The van der Waals surface area contributed by atoms with Gasteiger partial charge >= 0.3 is 0 Å². The van der Waals surface area contributed by atoms with Crippen LogP contribution in [-0.4, -0.2) is 32.7 Å². The zero-order valence-corrected chi connectivity index (χ0v) is 14.2. The van der Waals surface area contributed by atoms with Crippen LogP contribution in [0.15, 0.2) is 41.7 Å². The van der Waals surface area contributed by atoms with E-state index in [9.17, 15) is 9.59 Å². The van der Waals surface area contributed by atoms with Gasteiger partial charge in [-0.1, -0.05) is 0 Å². The van der Waals surface area contributed by atoms with Crippen LogP contribution in [0.4, 0.5) is 5.82 Å². The molecule has 126 valence electrons. The highest BCUT2D eigenvalue weighted by atomic mass is 32.2. The van der Waals surface area contributed by atoms with E-state index in [0.29, 0.717) is 18.8 Å². The van der Waals surface area contributed by atoms with E-state index in [1.807, 2.05) is 12.1 Å². The zero-order valence-electron chi connectivity index (χ0n) is 13.4. The summed E-state index contributed by atoms with van der Waals surface area (Å²) in [5.74, 6) is 1.06. The number of nitrogens with one attached hydrogen (secondary N) is 2. The highest BCUT2D eigenvalue weighted by Gasteiger charge is 2.03. The molecule has 7 nitrogen and oxygen atoms in total. The molecule has 2 rings (SSSR count). The minimum Gasteiger partial charge on any atom is -0.352 e. The minimum absolute atomic E-state index is 0.0273. The summed E-state index contributed by atoms with van der Waals surface area (Å²) >= 11 is 1.53. The van der Waals surface area contributed by atoms with E-state index in [2.05, 4.69) is 25.8 Å². The summed E-state index contributed by atoms with van der Waals surface area (Å²) in [4.78, 5) is 26.6. The Hall–Kier alpha value is -2.48. The number of amides is 2. The third-order valence-electron chi connectivity index (χ3n) is 2.98. The predicted molar refractivity (Wildman–Crippen MR) is 92.4 cm³/mol. The average molecular weight is 345 g/mol. The summed E-state index contributed by atoms with van der Waals surface area (Å²) in [6.07, 6.45) is 4.63. The number of hydrogen-bond donors (Lipinski definition) is 2. The Labute approximate surface area is 144 Å². The van der Waals surface area contributed by atoms with E-state index in [-0.39, 0.29) is 11.8 Å². The van der Waals surface area contributed by atoms with Crippen molar-refractivity contribution in [3.8, 4) is 0 Å². The molecule has 0 aliphatic rings. The van der Waals surface area contributed by atoms with Gasteiger partial charge in [-0.3, -0.25) is 14.6 Å². The van der Waals surface area contributed by atoms with E-state index in [4.69, 9.17) is 0 Å². The molecule has 8 heteroatoms. The molecular formula is C16H19N5O2S. The molecule has 2 heterocycles. The van der Waals surface area contributed by atoms with E-state index in [1.165, 1.54) is 18.7 Å². The van der Waals surface area contributed by atoms with Crippen LogP contribution in [0.1, 0.15) is 25.3 Å².